The summed E-state index contributed by atoms with van der Waals surface area (Å²) in [5, 5.41) is 0. The second-order valence-electron chi connectivity index (χ2n) is 2.27. The topological polar surface area (TPSA) is 0 Å². The highest BCUT2D eigenvalue weighted by atomic mass is 35.5. The van der Waals surface area contributed by atoms with Gasteiger partial charge in [0.15, 0.2) is 0 Å². The number of hydrogen-bond donors (Lipinski definition) is 0. The molecule has 62 valence electrons. The van der Waals surface area contributed by atoms with Crippen LogP contribution in [-0.4, -0.2) is 12.1 Å². The van der Waals surface area contributed by atoms with Crippen molar-refractivity contribution < 1.29 is 13.2 Å². The van der Waals surface area contributed by atoms with Crippen molar-refractivity contribution >= 4 is 11.6 Å². The third-order valence-corrected chi connectivity index (χ3v) is 1.60. The van der Waals surface area contributed by atoms with Gasteiger partial charge in [-0.1, -0.05) is 6.92 Å². The van der Waals surface area contributed by atoms with E-state index in [-0.39, 0.29) is 6.42 Å². The van der Waals surface area contributed by atoms with Gasteiger partial charge in [0.1, 0.15) is 0 Å². The Kier molecular flexibility index (Phi) is 4.09. The van der Waals surface area contributed by atoms with Crippen molar-refractivity contribution in [1.82, 2.24) is 0 Å². The Hall–Kier alpha value is 0.0800. The first-order chi connectivity index (χ1) is 4.48. The molecule has 0 rings (SSSR count). The van der Waals surface area contributed by atoms with Crippen LogP contribution in [0, 0.1) is 5.92 Å². The van der Waals surface area contributed by atoms with Gasteiger partial charge in [-0.05, 0) is 12.8 Å². The van der Waals surface area contributed by atoms with E-state index in [2.05, 4.69) is 0 Å². The van der Waals surface area contributed by atoms with Crippen LogP contribution >= 0.6 is 11.6 Å². The Labute approximate surface area is 63.4 Å². The Morgan fingerprint density at radius 3 is 2.20 bits per heavy atom. The van der Waals surface area contributed by atoms with Crippen LogP contribution in [0.15, 0.2) is 0 Å². The van der Waals surface area contributed by atoms with Gasteiger partial charge < -0.3 is 0 Å². The highest BCUT2D eigenvalue weighted by Crippen LogP contribution is 2.28. The first-order valence-electron chi connectivity index (χ1n) is 3.11. The Morgan fingerprint density at radius 1 is 1.40 bits per heavy atom. The van der Waals surface area contributed by atoms with Crippen LogP contribution in [0.1, 0.15) is 19.8 Å². The fourth-order valence-corrected chi connectivity index (χ4v) is 0.701. The molecular weight excluding hydrogens is 165 g/mol. The second-order valence-corrected chi connectivity index (χ2v) is 2.65. The lowest BCUT2D eigenvalue weighted by Gasteiger charge is -2.13. The smallest absolute Gasteiger partial charge is 0.171 e. The standard InChI is InChI=1S/C6H10ClF3/c1-5(3-2-4-7)6(8,9)10/h5H,2-4H2,1H3. The average Bonchev–Trinajstić information content (AvgIpc) is 1.80. The van der Waals surface area contributed by atoms with E-state index >= 15 is 0 Å². The van der Waals surface area contributed by atoms with Crippen molar-refractivity contribution in [3.63, 3.8) is 0 Å². The first kappa shape index (κ1) is 10.1. The van der Waals surface area contributed by atoms with Gasteiger partial charge in [0.2, 0.25) is 0 Å². The third kappa shape index (κ3) is 3.99. The largest absolute Gasteiger partial charge is 0.391 e. The molecule has 0 fully saturated rings. The van der Waals surface area contributed by atoms with Crippen LogP contribution in [0.5, 0.6) is 0 Å². The van der Waals surface area contributed by atoms with Gasteiger partial charge in [-0.2, -0.15) is 13.2 Å². The SMILES string of the molecule is CC(CCCCl)C(F)(F)F. The van der Waals surface area contributed by atoms with E-state index in [4.69, 9.17) is 11.6 Å². The van der Waals surface area contributed by atoms with Gasteiger partial charge in [-0.3, -0.25) is 0 Å². The van der Waals surface area contributed by atoms with E-state index in [0.29, 0.717) is 12.3 Å². The van der Waals surface area contributed by atoms with Crippen LogP contribution in [0.3, 0.4) is 0 Å². The molecule has 0 aliphatic rings. The fourth-order valence-electron chi connectivity index (χ4n) is 0.547. The predicted octanol–water partition coefficient (Wildman–Crippen LogP) is 3.20. The molecule has 4 heteroatoms. The van der Waals surface area contributed by atoms with Crippen molar-refractivity contribution in [1.29, 1.82) is 0 Å². The Balaban J connectivity index is 3.52. The summed E-state index contributed by atoms with van der Waals surface area (Å²) in [5.41, 5.74) is 0. The van der Waals surface area contributed by atoms with Crippen LogP contribution in [0.4, 0.5) is 13.2 Å². The molecule has 0 amide bonds. The van der Waals surface area contributed by atoms with E-state index in [1.807, 2.05) is 0 Å². The zero-order valence-corrected chi connectivity index (χ0v) is 6.47. The molecule has 0 aromatic carbocycles. The maximum atomic E-state index is 11.7. The molecule has 0 aromatic heterocycles. The van der Waals surface area contributed by atoms with Gasteiger partial charge >= 0.3 is 6.18 Å². The molecule has 1 unspecified atom stereocenters. The van der Waals surface area contributed by atoms with Gasteiger partial charge in [0.05, 0.1) is 5.92 Å². The lowest BCUT2D eigenvalue weighted by atomic mass is 10.1. The van der Waals surface area contributed by atoms with Crippen molar-refractivity contribution in [3.05, 3.63) is 0 Å². The lowest BCUT2D eigenvalue weighted by molar-refractivity contribution is -0.171. The maximum Gasteiger partial charge on any atom is 0.391 e. The maximum absolute atomic E-state index is 11.7. The molecule has 1 atom stereocenters. The normalized spacial score (nSPS) is 15.3. The molecule has 0 aromatic rings. The molecule has 0 saturated heterocycles. The van der Waals surface area contributed by atoms with Crippen LogP contribution in [0.25, 0.3) is 0 Å². The minimum atomic E-state index is -4.05. The zero-order valence-electron chi connectivity index (χ0n) is 5.71. The van der Waals surface area contributed by atoms with Crippen molar-refractivity contribution in [3.8, 4) is 0 Å². The molecule has 0 spiro atoms. The molecule has 0 saturated carbocycles. The summed E-state index contributed by atoms with van der Waals surface area (Å²) in [6.07, 6.45) is -3.48. The molecular formula is C6H10ClF3. The van der Waals surface area contributed by atoms with Crippen molar-refractivity contribution in [2.24, 2.45) is 5.92 Å². The van der Waals surface area contributed by atoms with Crippen LogP contribution < -0.4 is 0 Å². The highest BCUT2D eigenvalue weighted by molar-refractivity contribution is 6.17. The number of rotatable bonds is 3. The number of halogens is 4. The summed E-state index contributed by atoms with van der Waals surface area (Å²) in [6.45, 7) is 1.17. The van der Waals surface area contributed by atoms with E-state index in [1.54, 1.807) is 0 Å². The quantitative estimate of drug-likeness (QED) is 0.577. The molecule has 0 nitrogen and oxygen atoms in total. The first-order valence-corrected chi connectivity index (χ1v) is 3.64. The van der Waals surface area contributed by atoms with Crippen LogP contribution in [-0.2, 0) is 0 Å². The molecule has 0 heterocycles. The van der Waals surface area contributed by atoms with Crippen molar-refractivity contribution in [2.75, 3.05) is 5.88 Å². The predicted molar refractivity (Wildman–Crippen MR) is 35.2 cm³/mol. The summed E-state index contributed by atoms with van der Waals surface area (Å²) in [5.74, 6) is -0.910. The van der Waals surface area contributed by atoms with E-state index in [9.17, 15) is 13.2 Å². The fraction of sp³-hybridized carbons (Fsp3) is 1.00. The zero-order chi connectivity index (χ0) is 8.20. The highest BCUT2D eigenvalue weighted by Gasteiger charge is 2.34. The minimum absolute atomic E-state index is 0.132. The summed E-state index contributed by atoms with van der Waals surface area (Å²) in [6, 6.07) is 0. The Morgan fingerprint density at radius 2 is 1.90 bits per heavy atom. The lowest BCUT2D eigenvalue weighted by Crippen LogP contribution is -2.19. The molecule has 0 aliphatic heterocycles. The van der Waals surface area contributed by atoms with Gasteiger partial charge in [-0.15, -0.1) is 11.6 Å². The van der Waals surface area contributed by atoms with E-state index in [0.717, 1.165) is 0 Å². The summed E-state index contributed by atoms with van der Waals surface area (Å²) in [7, 11) is 0. The van der Waals surface area contributed by atoms with Crippen molar-refractivity contribution in [2.45, 2.75) is 25.9 Å². The van der Waals surface area contributed by atoms with E-state index in [1.165, 1.54) is 6.92 Å². The summed E-state index contributed by atoms with van der Waals surface area (Å²) < 4.78 is 35.2. The van der Waals surface area contributed by atoms with Gasteiger partial charge in [0, 0.05) is 5.88 Å². The molecule has 0 bridgehead atoms. The molecule has 0 aliphatic carbocycles. The summed E-state index contributed by atoms with van der Waals surface area (Å²) >= 11 is 5.23. The molecule has 0 N–H and O–H groups in total. The third-order valence-electron chi connectivity index (χ3n) is 1.33. The molecule has 10 heavy (non-hydrogen) atoms. The monoisotopic (exact) mass is 174 g/mol. The van der Waals surface area contributed by atoms with Crippen LogP contribution in [0.2, 0.25) is 0 Å². The molecule has 0 radical (unpaired) electrons. The minimum Gasteiger partial charge on any atom is -0.171 e. The summed E-state index contributed by atoms with van der Waals surface area (Å²) in [4.78, 5) is 0. The number of alkyl halides is 4. The Bertz CT molecular complexity index is 89.5. The second kappa shape index (κ2) is 4.06. The van der Waals surface area contributed by atoms with Gasteiger partial charge in [-0.25, -0.2) is 0 Å². The number of hydrogen-bond acceptors (Lipinski definition) is 0. The van der Waals surface area contributed by atoms with E-state index < -0.39 is 12.1 Å². The van der Waals surface area contributed by atoms with Gasteiger partial charge in [0.25, 0.3) is 0 Å². The average molecular weight is 175 g/mol.